The van der Waals surface area contributed by atoms with Crippen LogP contribution in [0.15, 0.2) is 23.4 Å². The van der Waals surface area contributed by atoms with Crippen LogP contribution in [0.3, 0.4) is 0 Å². The molecule has 0 saturated heterocycles. The van der Waals surface area contributed by atoms with Gasteiger partial charge in [0, 0.05) is 5.56 Å². The predicted octanol–water partition coefficient (Wildman–Crippen LogP) is 2.90. The summed E-state index contributed by atoms with van der Waals surface area (Å²) in [5.41, 5.74) is 7.23. The first-order chi connectivity index (χ1) is 8.58. The molecule has 1 atom stereocenters. The Bertz CT molecular complexity index is 416. The summed E-state index contributed by atoms with van der Waals surface area (Å²) in [4.78, 5) is 0. The van der Waals surface area contributed by atoms with E-state index in [2.05, 4.69) is 19.0 Å². The van der Waals surface area contributed by atoms with Crippen LogP contribution in [0.25, 0.3) is 0 Å². The Kier molecular flexibility index (Phi) is 5.49. The van der Waals surface area contributed by atoms with Gasteiger partial charge in [0.2, 0.25) is 0 Å². The number of nitrogens with zero attached hydrogens (tertiary/aromatic N) is 1. The fourth-order valence-electron chi connectivity index (χ4n) is 1.88. The number of nitrogens with two attached hydrogens (primary N) is 1. The second-order valence-electron chi connectivity index (χ2n) is 4.67. The van der Waals surface area contributed by atoms with E-state index in [1.807, 2.05) is 25.1 Å². The van der Waals surface area contributed by atoms with Crippen LogP contribution in [0.1, 0.15) is 37.8 Å². The molecule has 100 valence electrons. The molecule has 1 unspecified atom stereocenters. The Balaban J connectivity index is 2.67. The lowest BCUT2D eigenvalue weighted by Gasteiger charge is -2.13. The van der Waals surface area contributed by atoms with Crippen molar-refractivity contribution >= 4 is 5.84 Å². The third-order valence-corrected chi connectivity index (χ3v) is 2.90. The van der Waals surface area contributed by atoms with E-state index in [0.717, 1.165) is 23.5 Å². The standard InChI is InChI=1S/C14H22N2O2/c1-4-5-10(2)9-18-12-6-7-13(11(3)8-12)14(15)16-17/h6-8,10,17H,4-5,9H2,1-3H3,(H2,15,16). The number of ether oxygens (including phenoxy) is 1. The molecule has 18 heavy (non-hydrogen) atoms. The number of hydrogen-bond donors (Lipinski definition) is 2. The van der Waals surface area contributed by atoms with E-state index in [1.165, 1.54) is 12.8 Å². The van der Waals surface area contributed by atoms with Crippen molar-refractivity contribution in [2.24, 2.45) is 16.8 Å². The van der Waals surface area contributed by atoms with Crippen LogP contribution in [-0.4, -0.2) is 17.6 Å². The first-order valence-corrected chi connectivity index (χ1v) is 6.29. The third-order valence-electron chi connectivity index (χ3n) is 2.90. The molecule has 0 aliphatic heterocycles. The predicted molar refractivity (Wildman–Crippen MR) is 73.3 cm³/mol. The van der Waals surface area contributed by atoms with Gasteiger partial charge in [0.1, 0.15) is 5.75 Å². The second-order valence-corrected chi connectivity index (χ2v) is 4.67. The minimum atomic E-state index is 0.124. The minimum absolute atomic E-state index is 0.124. The molecule has 0 heterocycles. The molecule has 0 saturated carbocycles. The minimum Gasteiger partial charge on any atom is -0.493 e. The summed E-state index contributed by atoms with van der Waals surface area (Å²) in [6.07, 6.45) is 2.34. The fraction of sp³-hybridized carbons (Fsp3) is 0.500. The fourth-order valence-corrected chi connectivity index (χ4v) is 1.88. The van der Waals surface area contributed by atoms with E-state index < -0.39 is 0 Å². The Morgan fingerprint density at radius 1 is 1.50 bits per heavy atom. The van der Waals surface area contributed by atoms with Crippen LogP contribution in [-0.2, 0) is 0 Å². The summed E-state index contributed by atoms with van der Waals surface area (Å²) in [5.74, 6) is 1.50. The lowest BCUT2D eigenvalue weighted by Crippen LogP contribution is -2.15. The number of hydrogen-bond acceptors (Lipinski definition) is 3. The first-order valence-electron chi connectivity index (χ1n) is 6.29. The summed E-state index contributed by atoms with van der Waals surface area (Å²) in [6.45, 7) is 6.99. The number of rotatable bonds is 6. The van der Waals surface area contributed by atoms with Crippen molar-refractivity contribution in [3.8, 4) is 5.75 Å². The lowest BCUT2D eigenvalue weighted by atomic mass is 10.1. The average molecular weight is 250 g/mol. The number of oxime groups is 1. The van der Waals surface area contributed by atoms with Gasteiger partial charge in [-0.05, 0) is 43.0 Å². The van der Waals surface area contributed by atoms with Crippen LogP contribution in [0.4, 0.5) is 0 Å². The molecular weight excluding hydrogens is 228 g/mol. The topological polar surface area (TPSA) is 67.8 Å². The van der Waals surface area contributed by atoms with Crippen molar-refractivity contribution in [2.45, 2.75) is 33.6 Å². The quantitative estimate of drug-likeness (QED) is 0.353. The maximum atomic E-state index is 8.65. The molecule has 0 spiro atoms. The molecule has 4 nitrogen and oxygen atoms in total. The Morgan fingerprint density at radius 3 is 2.78 bits per heavy atom. The molecule has 0 radical (unpaired) electrons. The molecule has 1 aromatic carbocycles. The summed E-state index contributed by atoms with van der Waals surface area (Å²) in [6, 6.07) is 5.56. The largest absolute Gasteiger partial charge is 0.493 e. The van der Waals surface area contributed by atoms with Gasteiger partial charge in [0.25, 0.3) is 0 Å². The Morgan fingerprint density at radius 2 is 2.22 bits per heavy atom. The van der Waals surface area contributed by atoms with E-state index in [4.69, 9.17) is 15.7 Å². The number of amidine groups is 1. The average Bonchev–Trinajstić information content (AvgIpc) is 2.36. The Labute approximate surface area is 108 Å². The normalized spacial score (nSPS) is 13.4. The van der Waals surface area contributed by atoms with E-state index in [0.29, 0.717) is 5.92 Å². The van der Waals surface area contributed by atoms with Crippen LogP contribution in [0, 0.1) is 12.8 Å². The summed E-state index contributed by atoms with van der Waals surface area (Å²) < 4.78 is 5.73. The maximum absolute atomic E-state index is 8.65. The van der Waals surface area contributed by atoms with E-state index in [-0.39, 0.29) is 5.84 Å². The molecule has 0 bridgehead atoms. The van der Waals surface area contributed by atoms with Crippen LogP contribution >= 0.6 is 0 Å². The number of aryl methyl sites for hydroxylation is 1. The Hall–Kier alpha value is -1.71. The van der Waals surface area contributed by atoms with Gasteiger partial charge in [-0.15, -0.1) is 0 Å². The second kappa shape index (κ2) is 6.89. The summed E-state index contributed by atoms with van der Waals surface area (Å²) >= 11 is 0. The molecule has 1 aromatic rings. The molecule has 0 aromatic heterocycles. The molecule has 0 aliphatic rings. The van der Waals surface area contributed by atoms with E-state index in [1.54, 1.807) is 0 Å². The van der Waals surface area contributed by atoms with Crippen LogP contribution < -0.4 is 10.5 Å². The van der Waals surface area contributed by atoms with Gasteiger partial charge in [-0.3, -0.25) is 0 Å². The summed E-state index contributed by atoms with van der Waals surface area (Å²) in [7, 11) is 0. The molecule has 4 heteroatoms. The highest BCUT2D eigenvalue weighted by Gasteiger charge is 2.06. The highest BCUT2D eigenvalue weighted by atomic mass is 16.5. The van der Waals surface area contributed by atoms with Crippen molar-refractivity contribution in [2.75, 3.05) is 6.61 Å². The highest BCUT2D eigenvalue weighted by molar-refractivity contribution is 5.98. The zero-order chi connectivity index (χ0) is 13.5. The first kappa shape index (κ1) is 14.4. The van der Waals surface area contributed by atoms with Crippen molar-refractivity contribution in [3.63, 3.8) is 0 Å². The number of benzene rings is 1. The van der Waals surface area contributed by atoms with Crippen molar-refractivity contribution in [1.82, 2.24) is 0 Å². The van der Waals surface area contributed by atoms with Crippen LogP contribution in [0.5, 0.6) is 5.75 Å². The van der Waals surface area contributed by atoms with E-state index >= 15 is 0 Å². The molecule has 3 N–H and O–H groups in total. The van der Waals surface area contributed by atoms with Gasteiger partial charge >= 0.3 is 0 Å². The van der Waals surface area contributed by atoms with Crippen molar-refractivity contribution in [3.05, 3.63) is 29.3 Å². The van der Waals surface area contributed by atoms with E-state index in [9.17, 15) is 0 Å². The maximum Gasteiger partial charge on any atom is 0.170 e. The van der Waals surface area contributed by atoms with Crippen molar-refractivity contribution < 1.29 is 9.94 Å². The van der Waals surface area contributed by atoms with Gasteiger partial charge in [-0.25, -0.2) is 0 Å². The molecule has 0 fully saturated rings. The van der Waals surface area contributed by atoms with Crippen LogP contribution in [0.2, 0.25) is 0 Å². The van der Waals surface area contributed by atoms with Crippen molar-refractivity contribution in [1.29, 1.82) is 0 Å². The molecular formula is C14H22N2O2. The smallest absolute Gasteiger partial charge is 0.170 e. The van der Waals surface area contributed by atoms with Gasteiger partial charge in [-0.1, -0.05) is 25.4 Å². The van der Waals surface area contributed by atoms with Gasteiger partial charge in [-0.2, -0.15) is 0 Å². The van der Waals surface area contributed by atoms with Gasteiger partial charge < -0.3 is 15.7 Å². The SMILES string of the molecule is CCCC(C)COc1ccc(/C(N)=N/O)c(C)c1. The van der Waals surface area contributed by atoms with Gasteiger partial charge in [0.05, 0.1) is 6.61 Å². The lowest BCUT2D eigenvalue weighted by molar-refractivity contribution is 0.251. The zero-order valence-corrected chi connectivity index (χ0v) is 11.3. The molecule has 0 amide bonds. The monoisotopic (exact) mass is 250 g/mol. The third kappa shape index (κ3) is 3.95. The zero-order valence-electron chi connectivity index (χ0n) is 11.3. The highest BCUT2D eigenvalue weighted by Crippen LogP contribution is 2.18. The molecule has 1 rings (SSSR count). The molecule has 0 aliphatic carbocycles. The summed E-state index contributed by atoms with van der Waals surface area (Å²) in [5, 5.41) is 11.7. The van der Waals surface area contributed by atoms with Gasteiger partial charge in [0.15, 0.2) is 5.84 Å².